The second-order valence-electron chi connectivity index (χ2n) is 8.07. The first-order valence-corrected chi connectivity index (χ1v) is 11.6. The van der Waals surface area contributed by atoms with Gasteiger partial charge in [0.05, 0.1) is 0 Å². The molecule has 2 unspecified atom stereocenters. The molecule has 2 N–H and O–H groups in total. The van der Waals surface area contributed by atoms with Crippen molar-refractivity contribution in [3.05, 3.63) is 22.4 Å². The van der Waals surface area contributed by atoms with Gasteiger partial charge in [0.2, 0.25) is 5.91 Å². The first kappa shape index (κ1) is 22.1. The number of hydrogen-bond acceptors (Lipinski definition) is 5. The highest BCUT2D eigenvalue weighted by molar-refractivity contribution is 7.10. The van der Waals surface area contributed by atoms with Gasteiger partial charge in [0, 0.05) is 70.7 Å². The number of hydrogen-bond donors (Lipinski definition) is 2. The first-order valence-electron chi connectivity index (χ1n) is 10.7. The fourth-order valence-corrected chi connectivity index (χ4v) is 5.43. The van der Waals surface area contributed by atoms with Gasteiger partial charge in [-0.25, -0.2) is 0 Å². The second kappa shape index (κ2) is 10.9. The molecule has 29 heavy (non-hydrogen) atoms. The third kappa shape index (κ3) is 6.17. The number of likely N-dealkylation sites (tertiary alicyclic amines) is 1. The van der Waals surface area contributed by atoms with E-state index in [2.05, 4.69) is 50.0 Å². The Morgan fingerprint density at radius 2 is 2.03 bits per heavy atom. The molecule has 0 radical (unpaired) electrons. The minimum atomic E-state index is 0.182. The Labute approximate surface area is 179 Å². The quantitative estimate of drug-likeness (QED) is 0.539. The number of nitrogens with one attached hydrogen (secondary N) is 2. The van der Waals surface area contributed by atoms with Gasteiger partial charge >= 0.3 is 0 Å². The van der Waals surface area contributed by atoms with Crippen LogP contribution in [0.25, 0.3) is 0 Å². The van der Waals surface area contributed by atoms with Gasteiger partial charge in [0.25, 0.3) is 0 Å². The molecule has 3 heterocycles. The van der Waals surface area contributed by atoms with E-state index in [1.54, 1.807) is 6.92 Å². The van der Waals surface area contributed by atoms with E-state index in [0.717, 1.165) is 51.8 Å². The van der Waals surface area contributed by atoms with Gasteiger partial charge in [-0.15, -0.1) is 11.3 Å². The lowest BCUT2D eigenvalue weighted by Gasteiger charge is -2.39. The molecule has 1 aromatic heterocycles. The molecule has 2 aliphatic rings. The zero-order chi connectivity index (χ0) is 20.6. The van der Waals surface area contributed by atoms with Crippen molar-refractivity contribution in [3.63, 3.8) is 0 Å². The van der Waals surface area contributed by atoms with Crippen molar-refractivity contribution in [2.24, 2.45) is 10.9 Å². The highest BCUT2D eigenvalue weighted by atomic mass is 32.1. The van der Waals surface area contributed by atoms with Crippen molar-refractivity contribution in [1.82, 2.24) is 25.3 Å². The molecule has 1 amide bonds. The van der Waals surface area contributed by atoms with Crippen LogP contribution in [0.15, 0.2) is 22.5 Å². The van der Waals surface area contributed by atoms with E-state index in [9.17, 15) is 4.79 Å². The largest absolute Gasteiger partial charge is 0.356 e. The molecule has 0 aromatic carbocycles. The topological polar surface area (TPSA) is 63.2 Å². The van der Waals surface area contributed by atoms with Gasteiger partial charge in [-0.1, -0.05) is 6.07 Å². The summed E-state index contributed by atoms with van der Waals surface area (Å²) in [6, 6.07) is 4.92. The van der Waals surface area contributed by atoms with Crippen molar-refractivity contribution in [1.29, 1.82) is 0 Å². The van der Waals surface area contributed by atoms with Gasteiger partial charge in [-0.05, 0) is 43.8 Å². The molecule has 2 saturated heterocycles. The first-order chi connectivity index (χ1) is 14.1. The van der Waals surface area contributed by atoms with Crippen molar-refractivity contribution in [2.45, 2.75) is 25.8 Å². The monoisotopic (exact) mass is 420 g/mol. The number of amides is 1. The number of nitrogens with zero attached hydrogens (tertiary/aromatic N) is 4. The van der Waals surface area contributed by atoms with E-state index in [-0.39, 0.29) is 5.91 Å². The molecule has 0 aliphatic carbocycles. The number of piperazine rings is 1. The Bertz CT molecular complexity index is 656. The van der Waals surface area contributed by atoms with Gasteiger partial charge in [0.15, 0.2) is 5.96 Å². The van der Waals surface area contributed by atoms with E-state index in [0.29, 0.717) is 12.0 Å². The summed E-state index contributed by atoms with van der Waals surface area (Å²) in [7, 11) is 4.08. The van der Waals surface area contributed by atoms with Crippen LogP contribution in [0.4, 0.5) is 0 Å². The average molecular weight is 421 g/mol. The van der Waals surface area contributed by atoms with E-state index < -0.39 is 0 Å². The fourth-order valence-electron chi connectivity index (χ4n) is 4.45. The highest BCUT2D eigenvalue weighted by Gasteiger charge is 2.31. The lowest BCUT2D eigenvalue weighted by Crippen LogP contribution is -2.50. The molecule has 0 bridgehead atoms. The van der Waals surface area contributed by atoms with Gasteiger partial charge in [-0.3, -0.25) is 19.6 Å². The zero-order valence-electron chi connectivity index (χ0n) is 18.1. The normalized spacial score (nSPS) is 24.5. The molecule has 162 valence electrons. The summed E-state index contributed by atoms with van der Waals surface area (Å²) in [5, 5.41) is 9.19. The molecule has 8 heteroatoms. The molecular weight excluding hydrogens is 384 g/mol. The Balaban J connectivity index is 1.41. The summed E-state index contributed by atoms with van der Waals surface area (Å²) >= 11 is 1.86. The van der Waals surface area contributed by atoms with Crippen LogP contribution in [0.5, 0.6) is 0 Å². The fraction of sp³-hybridized carbons (Fsp3) is 0.714. The van der Waals surface area contributed by atoms with Crippen molar-refractivity contribution < 1.29 is 4.79 Å². The van der Waals surface area contributed by atoms with E-state index in [1.165, 1.54) is 24.3 Å². The second-order valence-corrected chi connectivity index (χ2v) is 9.05. The van der Waals surface area contributed by atoms with Crippen LogP contribution < -0.4 is 10.6 Å². The van der Waals surface area contributed by atoms with Crippen molar-refractivity contribution >= 4 is 23.2 Å². The maximum absolute atomic E-state index is 11.4. The summed E-state index contributed by atoms with van der Waals surface area (Å²) in [5.41, 5.74) is 0. The number of rotatable bonds is 6. The Morgan fingerprint density at radius 1 is 1.24 bits per heavy atom. The van der Waals surface area contributed by atoms with Crippen LogP contribution in [-0.2, 0) is 4.79 Å². The Morgan fingerprint density at radius 3 is 2.69 bits per heavy atom. The van der Waals surface area contributed by atoms with E-state index >= 15 is 0 Å². The third-order valence-corrected chi connectivity index (χ3v) is 7.08. The number of carbonyl (C=O) groups is 1. The minimum Gasteiger partial charge on any atom is -0.356 e. The maximum atomic E-state index is 11.4. The lowest BCUT2D eigenvalue weighted by molar-refractivity contribution is -0.130. The molecular formula is C21H36N6OS. The third-order valence-electron chi connectivity index (χ3n) is 6.14. The van der Waals surface area contributed by atoms with Gasteiger partial charge in [0.1, 0.15) is 0 Å². The zero-order valence-corrected chi connectivity index (χ0v) is 18.9. The van der Waals surface area contributed by atoms with Crippen LogP contribution in [0.1, 0.15) is 30.7 Å². The minimum absolute atomic E-state index is 0.182. The smallest absolute Gasteiger partial charge is 0.219 e. The molecule has 0 saturated carbocycles. The maximum Gasteiger partial charge on any atom is 0.219 e. The van der Waals surface area contributed by atoms with Gasteiger partial charge < -0.3 is 15.5 Å². The summed E-state index contributed by atoms with van der Waals surface area (Å²) < 4.78 is 0. The number of piperidine rings is 1. The molecule has 0 spiro atoms. The number of aliphatic imine (C=N–C) groups is 1. The van der Waals surface area contributed by atoms with Crippen molar-refractivity contribution in [2.75, 3.05) is 66.5 Å². The number of guanidine groups is 1. The molecule has 2 aliphatic heterocycles. The number of carbonyl (C=O) groups excluding carboxylic acids is 1. The van der Waals surface area contributed by atoms with Crippen LogP contribution in [0.2, 0.25) is 0 Å². The molecule has 3 rings (SSSR count). The molecule has 2 atom stereocenters. The van der Waals surface area contributed by atoms with E-state index in [4.69, 9.17) is 0 Å². The predicted octanol–water partition coefficient (Wildman–Crippen LogP) is 1.46. The summed E-state index contributed by atoms with van der Waals surface area (Å²) in [5.74, 6) is 1.65. The van der Waals surface area contributed by atoms with Crippen LogP contribution >= 0.6 is 11.3 Å². The summed E-state index contributed by atoms with van der Waals surface area (Å²) in [4.78, 5) is 24.1. The highest BCUT2D eigenvalue weighted by Crippen LogP contribution is 2.36. The lowest BCUT2D eigenvalue weighted by atomic mass is 9.88. The van der Waals surface area contributed by atoms with Crippen LogP contribution in [0, 0.1) is 5.92 Å². The SMILES string of the molecule is CN=C(NCCN1CCN(C(C)=O)CC1)NCC1CCCN(C)C1c1cccs1. The van der Waals surface area contributed by atoms with Gasteiger partial charge in [-0.2, -0.15) is 0 Å². The Hall–Kier alpha value is -1.64. The van der Waals surface area contributed by atoms with E-state index in [1.807, 2.05) is 23.3 Å². The van der Waals surface area contributed by atoms with Crippen molar-refractivity contribution in [3.8, 4) is 0 Å². The molecule has 7 nitrogen and oxygen atoms in total. The summed E-state index contributed by atoms with van der Waals surface area (Å²) in [6.45, 7) is 9.15. The average Bonchev–Trinajstić information content (AvgIpc) is 3.25. The van der Waals surface area contributed by atoms with Crippen LogP contribution in [-0.4, -0.2) is 93.0 Å². The van der Waals surface area contributed by atoms with Crippen LogP contribution in [0.3, 0.4) is 0 Å². The molecule has 1 aromatic rings. The molecule has 2 fully saturated rings. The predicted molar refractivity (Wildman–Crippen MR) is 120 cm³/mol. The standard InChI is InChI=1S/C21H36N6OS/c1-17(28)27-13-11-26(12-14-27)10-8-23-21(22-2)24-16-18-6-4-9-25(3)20(18)19-7-5-15-29-19/h5,7,15,18,20H,4,6,8-14,16H2,1-3H3,(H2,22,23,24). The summed E-state index contributed by atoms with van der Waals surface area (Å²) in [6.07, 6.45) is 2.50. The Kier molecular flexibility index (Phi) is 8.32. The number of thiophene rings is 1.